The maximum Gasteiger partial charge on any atom is 0.289 e. The number of benzene rings is 2. The predicted molar refractivity (Wildman–Crippen MR) is 118 cm³/mol. The molecule has 1 aliphatic rings. The molecule has 9 heteroatoms. The first kappa shape index (κ1) is 20.9. The van der Waals surface area contributed by atoms with Crippen LogP contribution in [0.2, 0.25) is 0 Å². The van der Waals surface area contributed by atoms with Gasteiger partial charge in [0.2, 0.25) is 0 Å². The number of ether oxygens (including phenoxy) is 1. The molecule has 1 fully saturated rings. The number of nitro benzene ring substituents is 1. The summed E-state index contributed by atoms with van der Waals surface area (Å²) >= 11 is 3.38. The Morgan fingerprint density at radius 3 is 2.52 bits per heavy atom. The molecular weight excluding hydrogens is 466 g/mol. The van der Waals surface area contributed by atoms with E-state index in [2.05, 4.69) is 15.9 Å². The van der Waals surface area contributed by atoms with Crippen molar-refractivity contribution in [2.45, 2.75) is 6.61 Å². The Kier molecular flexibility index (Phi) is 6.22. The van der Waals surface area contributed by atoms with Gasteiger partial charge in [0.15, 0.2) is 5.76 Å². The largest absolute Gasteiger partial charge is 0.486 e. The number of nitrogens with zero attached hydrogens (tertiary/aromatic N) is 3. The van der Waals surface area contributed by atoms with Gasteiger partial charge in [-0.1, -0.05) is 22.0 Å². The molecule has 4 rings (SSSR count). The van der Waals surface area contributed by atoms with Crippen LogP contribution in [0.25, 0.3) is 0 Å². The smallest absolute Gasteiger partial charge is 0.289 e. The normalized spacial score (nSPS) is 13.8. The number of carbonyl (C=O) groups excluding carboxylic acids is 1. The summed E-state index contributed by atoms with van der Waals surface area (Å²) in [6, 6.07) is 17.4. The van der Waals surface area contributed by atoms with Crippen LogP contribution >= 0.6 is 15.9 Å². The lowest BCUT2D eigenvalue weighted by Gasteiger charge is -2.35. The molecule has 1 aliphatic heterocycles. The fourth-order valence-corrected chi connectivity index (χ4v) is 3.65. The molecule has 3 aromatic rings. The van der Waals surface area contributed by atoms with E-state index in [-0.39, 0.29) is 24.0 Å². The lowest BCUT2D eigenvalue weighted by atomic mass is 10.2. The maximum absolute atomic E-state index is 12.8. The molecule has 0 spiro atoms. The van der Waals surface area contributed by atoms with Crippen molar-refractivity contribution < 1.29 is 18.9 Å². The first-order chi connectivity index (χ1) is 15.0. The predicted octanol–water partition coefficient (Wildman–Crippen LogP) is 4.49. The summed E-state index contributed by atoms with van der Waals surface area (Å²) in [6.45, 7) is 2.43. The van der Waals surface area contributed by atoms with Gasteiger partial charge >= 0.3 is 0 Å². The van der Waals surface area contributed by atoms with Crippen LogP contribution in [-0.4, -0.2) is 41.9 Å². The van der Waals surface area contributed by atoms with Gasteiger partial charge in [0.1, 0.15) is 18.1 Å². The van der Waals surface area contributed by atoms with Crippen molar-refractivity contribution in [2.75, 3.05) is 31.1 Å². The van der Waals surface area contributed by atoms with Crippen LogP contribution in [0.1, 0.15) is 16.3 Å². The number of nitro groups is 1. The number of carbonyl (C=O) groups is 1. The number of hydrogen-bond acceptors (Lipinski definition) is 6. The molecule has 1 amide bonds. The van der Waals surface area contributed by atoms with Crippen LogP contribution in [0.4, 0.5) is 11.4 Å². The molecule has 1 saturated heterocycles. The third kappa shape index (κ3) is 5.05. The number of non-ortho nitro benzene ring substituents is 1. The van der Waals surface area contributed by atoms with Crippen molar-refractivity contribution in [3.8, 4) is 5.75 Å². The highest BCUT2D eigenvalue weighted by Crippen LogP contribution is 2.23. The number of halogens is 1. The number of amides is 1. The second kappa shape index (κ2) is 9.22. The number of rotatable bonds is 6. The summed E-state index contributed by atoms with van der Waals surface area (Å²) < 4.78 is 12.3. The molecule has 0 N–H and O–H groups in total. The summed E-state index contributed by atoms with van der Waals surface area (Å²) in [5.41, 5.74) is 0.844. The molecule has 0 bridgehead atoms. The fourth-order valence-electron chi connectivity index (χ4n) is 3.38. The fraction of sp³-hybridized carbons (Fsp3) is 0.227. The second-order valence-electron chi connectivity index (χ2n) is 7.06. The van der Waals surface area contributed by atoms with Gasteiger partial charge in [0.05, 0.1) is 4.92 Å². The van der Waals surface area contributed by atoms with Gasteiger partial charge in [-0.25, -0.2) is 0 Å². The van der Waals surface area contributed by atoms with Crippen molar-refractivity contribution in [3.05, 3.63) is 86.8 Å². The molecule has 2 heterocycles. The molecule has 0 atom stereocenters. The minimum atomic E-state index is -0.405. The van der Waals surface area contributed by atoms with Crippen LogP contribution in [0.15, 0.2) is 69.6 Å². The van der Waals surface area contributed by atoms with E-state index in [1.165, 1.54) is 6.07 Å². The zero-order chi connectivity index (χ0) is 21.8. The summed E-state index contributed by atoms with van der Waals surface area (Å²) in [7, 11) is 0. The van der Waals surface area contributed by atoms with Crippen LogP contribution in [0.3, 0.4) is 0 Å². The SMILES string of the molecule is O=C(c1ccc(COc2ccc(Br)cc2)o1)N1CCN(c2cccc([N+](=O)[O-])c2)CC1. The lowest BCUT2D eigenvalue weighted by Crippen LogP contribution is -2.48. The van der Waals surface area contributed by atoms with Crippen LogP contribution in [0, 0.1) is 10.1 Å². The van der Waals surface area contributed by atoms with Crippen molar-refractivity contribution in [1.82, 2.24) is 4.90 Å². The third-order valence-electron chi connectivity index (χ3n) is 5.04. The van der Waals surface area contributed by atoms with Crippen molar-refractivity contribution >= 4 is 33.2 Å². The average Bonchev–Trinajstić information content (AvgIpc) is 3.27. The molecule has 0 radical (unpaired) electrons. The van der Waals surface area contributed by atoms with E-state index < -0.39 is 4.92 Å². The first-order valence-corrected chi connectivity index (χ1v) is 10.5. The van der Waals surface area contributed by atoms with Crippen molar-refractivity contribution in [1.29, 1.82) is 0 Å². The van der Waals surface area contributed by atoms with Crippen LogP contribution in [0.5, 0.6) is 5.75 Å². The number of piperazine rings is 1. The standard InChI is InChI=1S/C22H20BrN3O5/c23-16-4-6-19(7-5-16)30-15-20-8-9-21(31-20)22(27)25-12-10-24(11-13-25)17-2-1-3-18(14-17)26(28)29/h1-9,14H,10-13,15H2. The topological polar surface area (TPSA) is 89.1 Å². The maximum atomic E-state index is 12.8. The Morgan fingerprint density at radius 2 is 1.81 bits per heavy atom. The lowest BCUT2D eigenvalue weighted by molar-refractivity contribution is -0.384. The first-order valence-electron chi connectivity index (χ1n) is 9.75. The molecule has 2 aromatic carbocycles. The Morgan fingerprint density at radius 1 is 1.06 bits per heavy atom. The highest BCUT2D eigenvalue weighted by atomic mass is 79.9. The van der Waals surface area contributed by atoms with E-state index in [4.69, 9.17) is 9.15 Å². The monoisotopic (exact) mass is 485 g/mol. The van der Waals surface area contributed by atoms with E-state index in [1.54, 1.807) is 29.2 Å². The van der Waals surface area contributed by atoms with Gasteiger partial charge in [-0.2, -0.15) is 0 Å². The number of furan rings is 1. The molecule has 0 saturated carbocycles. The highest BCUT2D eigenvalue weighted by Gasteiger charge is 2.25. The molecule has 0 unspecified atom stereocenters. The summed E-state index contributed by atoms with van der Waals surface area (Å²) in [5, 5.41) is 11.0. The summed E-state index contributed by atoms with van der Waals surface area (Å²) in [6.07, 6.45) is 0. The Hall–Kier alpha value is -3.33. The summed E-state index contributed by atoms with van der Waals surface area (Å²) in [5.74, 6) is 1.39. The van der Waals surface area contributed by atoms with E-state index >= 15 is 0 Å². The Balaban J connectivity index is 1.32. The van der Waals surface area contributed by atoms with Crippen molar-refractivity contribution in [3.63, 3.8) is 0 Å². The van der Waals surface area contributed by atoms with Gasteiger partial charge < -0.3 is 19.0 Å². The molecule has 1 aromatic heterocycles. The number of anilines is 1. The molecule has 8 nitrogen and oxygen atoms in total. The third-order valence-corrected chi connectivity index (χ3v) is 5.57. The molecule has 31 heavy (non-hydrogen) atoms. The Labute approximate surface area is 187 Å². The van der Waals surface area contributed by atoms with Gasteiger partial charge in [-0.15, -0.1) is 0 Å². The second-order valence-corrected chi connectivity index (χ2v) is 7.98. The Bertz CT molecular complexity index is 1070. The van der Waals surface area contributed by atoms with Gasteiger partial charge in [0, 0.05) is 48.5 Å². The zero-order valence-electron chi connectivity index (χ0n) is 16.6. The van der Waals surface area contributed by atoms with E-state index in [0.29, 0.717) is 37.7 Å². The molecular formula is C22H20BrN3O5. The van der Waals surface area contributed by atoms with Gasteiger partial charge in [-0.3, -0.25) is 14.9 Å². The van der Waals surface area contributed by atoms with E-state index in [9.17, 15) is 14.9 Å². The average molecular weight is 486 g/mol. The minimum Gasteiger partial charge on any atom is -0.486 e. The van der Waals surface area contributed by atoms with Gasteiger partial charge in [0.25, 0.3) is 11.6 Å². The van der Waals surface area contributed by atoms with Crippen LogP contribution in [-0.2, 0) is 6.61 Å². The van der Waals surface area contributed by atoms with Crippen molar-refractivity contribution in [2.24, 2.45) is 0 Å². The minimum absolute atomic E-state index is 0.0597. The molecule has 0 aliphatic carbocycles. The van der Waals surface area contributed by atoms with Gasteiger partial charge in [-0.05, 0) is 42.5 Å². The quantitative estimate of drug-likeness (QED) is 0.377. The summed E-state index contributed by atoms with van der Waals surface area (Å²) in [4.78, 5) is 27.1. The van der Waals surface area contributed by atoms with E-state index in [0.717, 1.165) is 10.2 Å². The number of hydrogen-bond donors (Lipinski definition) is 0. The highest BCUT2D eigenvalue weighted by molar-refractivity contribution is 9.10. The zero-order valence-corrected chi connectivity index (χ0v) is 18.2. The molecule has 160 valence electrons. The van der Waals surface area contributed by atoms with Crippen LogP contribution < -0.4 is 9.64 Å². The van der Waals surface area contributed by atoms with E-state index in [1.807, 2.05) is 35.2 Å².